The number of hydrogen-bond acceptors (Lipinski definition) is 4. The predicted octanol–water partition coefficient (Wildman–Crippen LogP) is 2.79. The van der Waals surface area contributed by atoms with E-state index in [2.05, 4.69) is 22.4 Å². The largest absolute Gasteiger partial charge is 0.312 e. The van der Waals surface area contributed by atoms with Gasteiger partial charge in [0.1, 0.15) is 5.82 Å². The normalized spacial score (nSPS) is 21.3. The second-order valence-electron chi connectivity index (χ2n) is 7.57. The lowest BCUT2D eigenvalue weighted by atomic mass is 10.1. The zero-order valence-corrected chi connectivity index (χ0v) is 16.6. The number of benzene rings is 1. The van der Waals surface area contributed by atoms with Gasteiger partial charge in [-0.1, -0.05) is 11.6 Å². The van der Waals surface area contributed by atoms with E-state index < -0.39 is 0 Å². The first-order valence-corrected chi connectivity index (χ1v) is 9.98. The van der Waals surface area contributed by atoms with Crippen LogP contribution in [-0.4, -0.2) is 53.2 Å². The van der Waals surface area contributed by atoms with Gasteiger partial charge in [-0.15, -0.1) is 0 Å². The molecule has 0 saturated carbocycles. The number of aromatic nitrogens is 2. The highest BCUT2D eigenvalue weighted by atomic mass is 35.5. The van der Waals surface area contributed by atoms with Crippen LogP contribution in [0.4, 0.5) is 11.5 Å². The lowest BCUT2D eigenvalue weighted by Crippen LogP contribution is -2.33. The van der Waals surface area contributed by atoms with Gasteiger partial charge in [0.25, 0.3) is 0 Å². The number of hydrogen-bond donors (Lipinski definition) is 1. The number of nitrogens with one attached hydrogen (secondary N) is 1. The molecule has 1 atom stereocenters. The molecule has 8 heteroatoms. The van der Waals surface area contributed by atoms with Crippen molar-refractivity contribution < 1.29 is 9.59 Å². The highest BCUT2D eigenvalue weighted by Crippen LogP contribution is 2.28. The lowest BCUT2D eigenvalue weighted by molar-refractivity contribution is -0.122. The second kappa shape index (κ2) is 7.93. The van der Waals surface area contributed by atoms with Crippen molar-refractivity contribution in [2.75, 3.05) is 36.9 Å². The summed E-state index contributed by atoms with van der Waals surface area (Å²) in [5, 5.41) is 8.03. The Kier molecular flexibility index (Phi) is 5.37. The molecule has 1 N–H and O–H groups in total. The van der Waals surface area contributed by atoms with Gasteiger partial charge in [0, 0.05) is 29.7 Å². The zero-order chi connectivity index (χ0) is 19.7. The summed E-state index contributed by atoms with van der Waals surface area (Å²) in [7, 11) is 2.12. The molecule has 1 aromatic carbocycles. The van der Waals surface area contributed by atoms with E-state index in [1.807, 2.05) is 10.7 Å². The molecule has 0 spiro atoms. The second-order valence-corrected chi connectivity index (χ2v) is 8.00. The Morgan fingerprint density at radius 1 is 1.18 bits per heavy atom. The quantitative estimate of drug-likeness (QED) is 0.855. The average molecular weight is 402 g/mol. The molecule has 0 bridgehead atoms. The number of halogens is 1. The predicted molar refractivity (Wildman–Crippen MR) is 109 cm³/mol. The highest BCUT2D eigenvalue weighted by molar-refractivity contribution is 6.30. The minimum atomic E-state index is -0.385. The molecule has 1 unspecified atom stereocenters. The molecule has 148 valence electrons. The molecule has 2 amide bonds. The molecule has 28 heavy (non-hydrogen) atoms. The number of carbonyl (C=O) groups is 2. The molecule has 3 heterocycles. The fourth-order valence-electron chi connectivity index (χ4n) is 3.93. The number of rotatable bonds is 4. The summed E-state index contributed by atoms with van der Waals surface area (Å²) in [6.07, 6.45) is 3.94. The highest BCUT2D eigenvalue weighted by Gasteiger charge is 2.35. The van der Waals surface area contributed by atoms with Crippen LogP contribution < -0.4 is 10.2 Å². The standard InChI is InChI=1S/C20H24ClN5O2/c1-24-10-7-17(8-11-24)26-18(6-9-22-26)23-20(28)14-12-19(27)25(13-14)16-4-2-15(21)3-5-16/h2-6,9,14,17H,7-8,10-13H2,1H3,(H,23,28). The van der Waals surface area contributed by atoms with Gasteiger partial charge in [0.15, 0.2) is 0 Å². The molecule has 7 nitrogen and oxygen atoms in total. The molecule has 0 aliphatic carbocycles. The van der Waals surface area contributed by atoms with Crippen molar-refractivity contribution in [3.05, 3.63) is 41.6 Å². The Labute approximate surface area is 169 Å². The van der Waals surface area contributed by atoms with Crippen LogP contribution in [0.2, 0.25) is 5.02 Å². The number of likely N-dealkylation sites (tertiary alicyclic amines) is 1. The summed E-state index contributed by atoms with van der Waals surface area (Å²) in [5.41, 5.74) is 0.765. The Bertz CT molecular complexity index is 858. The van der Waals surface area contributed by atoms with Crippen LogP contribution >= 0.6 is 11.6 Å². The van der Waals surface area contributed by atoms with Crippen molar-refractivity contribution in [1.29, 1.82) is 0 Å². The van der Waals surface area contributed by atoms with Gasteiger partial charge in [0.2, 0.25) is 11.8 Å². The Hall–Kier alpha value is -2.38. The van der Waals surface area contributed by atoms with Gasteiger partial charge < -0.3 is 15.1 Å². The average Bonchev–Trinajstić information content (AvgIpc) is 3.30. The van der Waals surface area contributed by atoms with E-state index in [1.54, 1.807) is 35.4 Å². The SMILES string of the molecule is CN1CCC(n2nccc2NC(=O)C2CC(=O)N(c3ccc(Cl)cc3)C2)CC1. The van der Waals surface area contributed by atoms with Crippen LogP contribution in [0.15, 0.2) is 36.5 Å². The smallest absolute Gasteiger partial charge is 0.230 e. The molecule has 2 aliphatic heterocycles. The van der Waals surface area contributed by atoms with Gasteiger partial charge in [0.05, 0.1) is 18.2 Å². The summed E-state index contributed by atoms with van der Waals surface area (Å²) in [6, 6.07) is 9.21. The molecule has 2 fully saturated rings. The maximum Gasteiger partial charge on any atom is 0.230 e. The first kappa shape index (κ1) is 19.0. The van der Waals surface area contributed by atoms with E-state index in [-0.39, 0.29) is 30.2 Å². The summed E-state index contributed by atoms with van der Waals surface area (Å²) in [6.45, 7) is 2.41. The molecule has 0 radical (unpaired) electrons. The van der Waals surface area contributed by atoms with Gasteiger partial charge in [-0.05, 0) is 57.2 Å². The van der Waals surface area contributed by atoms with Crippen molar-refractivity contribution in [3.8, 4) is 0 Å². The van der Waals surface area contributed by atoms with Gasteiger partial charge in [-0.3, -0.25) is 9.59 Å². The summed E-state index contributed by atoms with van der Waals surface area (Å²) in [5.74, 6) is 0.131. The van der Waals surface area contributed by atoms with Crippen LogP contribution in [0.3, 0.4) is 0 Å². The molecular weight excluding hydrogens is 378 g/mol. The van der Waals surface area contributed by atoms with Crippen molar-refractivity contribution in [3.63, 3.8) is 0 Å². The molecule has 2 aromatic rings. The van der Waals surface area contributed by atoms with Crippen LogP contribution in [0.25, 0.3) is 0 Å². The fraction of sp³-hybridized carbons (Fsp3) is 0.450. The first-order valence-electron chi connectivity index (χ1n) is 9.60. The van der Waals surface area contributed by atoms with Crippen LogP contribution in [-0.2, 0) is 9.59 Å². The monoisotopic (exact) mass is 401 g/mol. The molecule has 1 aromatic heterocycles. The third-order valence-corrected chi connectivity index (χ3v) is 5.84. The van der Waals surface area contributed by atoms with E-state index in [0.717, 1.165) is 31.6 Å². The molecule has 2 aliphatic rings. The van der Waals surface area contributed by atoms with E-state index in [0.29, 0.717) is 17.4 Å². The summed E-state index contributed by atoms with van der Waals surface area (Å²) in [4.78, 5) is 29.2. The number of piperidine rings is 1. The first-order chi connectivity index (χ1) is 13.5. The van der Waals surface area contributed by atoms with E-state index >= 15 is 0 Å². The maximum absolute atomic E-state index is 12.8. The molecular formula is C20H24ClN5O2. The van der Waals surface area contributed by atoms with Gasteiger partial charge in [-0.2, -0.15) is 5.10 Å². The number of nitrogens with zero attached hydrogens (tertiary/aromatic N) is 4. The van der Waals surface area contributed by atoms with Gasteiger partial charge in [-0.25, -0.2) is 4.68 Å². The van der Waals surface area contributed by atoms with Crippen molar-refractivity contribution in [2.45, 2.75) is 25.3 Å². The van der Waals surface area contributed by atoms with Crippen molar-refractivity contribution >= 4 is 34.9 Å². The summed E-state index contributed by atoms with van der Waals surface area (Å²) >= 11 is 5.92. The maximum atomic E-state index is 12.8. The summed E-state index contributed by atoms with van der Waals surface area (Å²) < 4.78 is 1.92. The molecule has 2 saturated heterocycles. The van der Waals surface area contributed by atoms with E-state index in [1.165, 1.54) is 0 Å². The van der Waals surface area contributed by atoms with Gasteiger partial charge >= 0.3 is 0 Å². The lowest BCUT2D eigenvalue weighted by Gasteiger charge is -2.30. The number of amides is 2. The van der Waals surface area contributed by atoms with Crippen molar-refractivity contribution in [2.24, 2.45) is 5.92 Å². The fourth-order valence-corrected chi connectivity index (χ4v) is 4.05. The van der Waals surface area contributed by atoms with Crippen LogP contribution in [0.1, 0.15) is 25.3 Å². The van der Waals surface area contributed by atoms with Crippen molar-refractivity contribution in [1.82, 2.24) is 14.7 Å². The Morgan fingerprint density at radius 2 is 1.89 bits per heavy atom. The Morgan fingerprint density at radius 3 is 2.61 bits per heavy atom. The third kappa shape index (κ3) is 3.91. The topological polar surface area (TPSA) is 70.5 Å². The van der Waals surface area contributed by atoms with Crippen LogP contribution in [0.5, 0.6) is 0 Å². The number of carbonyl (C=O) groups excluding carboxylic acids is 2. The zero-order valence-electron chi connectivity index (χ0n) is 15.8. The molecule has 4 rings (SSSR count). The third-order valence-electron chi connectivity index (χ3n) is 5.59. The number of anilines is 2. The van der Waals surface area contributed by atoms with E-state index in [9.17, 15) is 9.59 Å². The minimum absolute atomic E-state index is 0.0497. The van der Waals surface area contributed by atoms with Crippen LogP contribution in [0, 0.1) is 5.92 Å². The minimum Gasteiger partial charge on any atom is -0.312 e. The van der Waals surface area contributed by atoms with E-state index in [4.69, 9.17) is 11.6 Å². The Balaban J connectivity index is 1.42.